The number of carbonyl (C=O) groups excluding carboxylic acids is 1. The smallest absolute Gasteiger partial charge is 0.270 e. The molecule has 5 heteroatoms. The number of halogens is 1. The van der Waals surface area contributed by atoms with Gasteiger partial charge in [0.1, 0.15) is 5.69 Å². The van der Waals surface area contributed by atoms with Crippen molar-refractivity contribution in [3.05, 3.63) is 65.3 Å². The zero-order valence-corrected chi connectivity index (χ0v) is 14.9. The number of amides is 1. The Morgan fingerprint density at radius 3 is 2.40 bits per heavy atom. The Morgan fingerprint density at radius 2 is 1.68 bits per heavy atom. The van der Waals surface area contributed by atoms with E-state index >= 15 is 0 Å². The van der Waals surface area contributed by atoms with E-state index in [1.54, 1.807) is 0 Å². The topological polar surface area (TPSA) is 28.5 Å². The van der Waals surface area contributed by atoms with E-state index in [1.165, 1.54) is 5.69 Å². The predicted octanol–water partition coefficient (Wildman–Crippen LogP) is 3.79. The molecular formula is C20H20ClN3O. The molecule has 25 heavy (non-hydrogen) atoms. The molecule has 4 rings (SSSR count). The lowest BCUT2D eigenvalue weighted by Crippen LogP contribution is -2.49. The van der Waals surface area contributed by atoms with E-state index in [-0.39, 0.29) is 5.91 Å². The molecule has 0 N–H and O–H groups in total. The monoisotopic (exact) mass is 353 g/mol. The zero-order chi connectivity index (χ0) is 17.4. The molecule has 4 nitrogen and oxygen atoms in total. The van der Waals surface area contributed by atoms with Gasteiger partial charge in [0.15, 0.2) is 0 Å². The van der Waals surface area contributed by atoms with Gasteiger partial charge in [-0.05, 0) is 30.3 Å². The van der Waals surface area contributed by atoms with E-state index in [0.29, 0.717) is 10.7 Å². The Morgan fingerprint density at radius 1 is 0.960 bits per heavy atom. The molecule has 1 saturated heterocycles. The SMILES string of the molecule is Cn1c(C(=O)N2CCN(c3ccccc3)CC2)cc2ccc(Cl)cc21. The molecule has 1 fully saturated rings. The van der Waals surface area contributed by atoms with Crippen molar-refractivity contribution >= 4 is 34.1 Å². The minimum atomic E-state index is 0.0857. The van der Waals surface area contributed by atoms with Crippen molar-refractivity contribution in [1.82, 2.24) is 9.47 Å². The van der Waals surface area contributed by atoms with E-state index in [9.17, 15) is 4.79 Å². The number of fused-ring (bicyclic) bond motifs is 1. The minimum absolute atomic E-state index is 0.0857. The maximum absolute atomic E-state index is 13.0. The van der Waals surface area contributed by atoms with Gasteiger partial charge in [0.2, 0.25) is 0 Å². The number of piperazine rings is 1. The maximum Gasteiger partial charge on any atom is 0.270 e. The zero-order valence-electron chi connectivity index (χ0n) is 14.2. The number of anilines is 1. The normalized spacial score (nSPS) is 15.0. The number of nitrogens with zero attached hydrogens (tertiary/aromatic N) is 3. The van der Waals surface area contributed by atoms with Crippen molar-refractivity contribution in [2.24, 2.45) is 7.05 Å². The second kappa shape index (κ2) is 6.45. The molecular weight excluding hydrogens is 334 g/mol. The lowest BCUT2D eigenvalue weighted by atomic mass is 10.2. The molecule has 0 bridgehead atoms. The third-order valence-corrected chi connectivity index (χ3v) is 5.15. The van der Waals surface area contributed by atoms with Crippen LogP contribution in [0.4, 0.5) is 5.69 Å². The average molecular weight is 354 g/mol. The average Bonchev–Trinajstić information content (AvgIpc) is 2.98. The summed E-state index contributed by atoms with van der Waals surface area (Å²) in [7, 11) is 1.92. The van der Waals surface area contributed by atoms with Crippen molar-refractivity contribution in [2.75, 3.05) is 31.1 Å². The van der Waals surface area contributed by atoms with Gasteiger partial charge in [-0.2, -0.15) is 0 Å². The highest BCUT2D eigenvalue weighted by Gasteiger charge is 2.24. The molecule has 1 aliphatic heterocycles. The summed E-state index contributed by atoms with van der Waals surface area (Å²) < 4.78 is 1.94. The van der Waals surface area contributed by atoms with Crippen LogP contribution in [0.2, 0.25) is 5.02 Å². The minimum Gasteiger partial charge on any atom is -0.368 e. The Labute approximate surface area is 152 Å². The molecule has 0 unspecified atom stereocenters. The fourth-order valence-corrected chi connectivity index (χ4v) is 3.64. The lowest BCUT2D eigenvalue weighted by Gasteiger charge is -2.36. The molecule has 3 aromatic rings. The van der Waals surface area contributed by atoms with Crippen molar-refractivity contribution in [2.45, 2.75) is 0 Å². The number of carbonyl (C=O) groups is 1. The molecule has 0 radical (unpaired) electrons. The van der Waals surface area contributed by atoms with Crippen LogP contribution in [0, 0.1) is 0 Å². The van der Waals surface area contributed by atoms with Gasteiger partial charge < -0.3 is 14.4 Å². The van der Waals surface area contributed by atoms with Crippen molar-refractivity contribution in [1.29, 1.82) is 0 Å². The standard InChI is InChI=1S/C20H20ClN3O/c1-22-18-14-16(21)8-7-15(18)13-19(22)20(25)24-11-9-23(10-12-24)17-5-3-2-4-6-17/h2-8,13-14H,9-12H2,1H3. The Kier molecular flexibility index (Phi) is 4.14. The summed E-state index contributed by atoms with van der Waals surface area (Å²) in [5, 5.41) is 1.72. The van der Waals surface area contributed by atoms with Crippen LogP contribution in [0.3, 0.4) is 0 Å². The predicted molar refractivity (Wildman–Crippen MR) is 102 cm³/mol. The number of hydrogen-bond donors (Lipinski definition) is 0. The van der Waals surface area contributed by atoms with Crippen molar-refractivity contribution in [3.8, 4) is 0 Å². The number of aromatic nitrogens is 1. The van der Waals surface area contributed by atoms with Gasteiger partial charge >= 0.3 is 0 Å². The van der Waals surface area contributed by atoms with Crippen LogP contribution in [0.1, 0.15) is 10.5 Å². The first kappa shape index (κ1) is 16.0. The summed E-state index contributed by atoms with van der Waals surface area (Å²) in [5.41, 5.74) is 2.91. The Hall–Kier alpha value is -2.46. The summed E-state index contributed by atoms with van der Waals surface area (Å²) in [6.45, 7) is 3.17. The molecule has 1 aliphatic rings. The van der Waals surface area contributed by atoms with E-state index in [1.807, 2.05) is 59.0 Å². The van der Waals surface area contributed by atoms with Crippen LogP contribution in [-0.4, -0.2) is 41.6 Å². The molecule has 0 aliphatic carbocycles. The molecule has 0 spiro atoms. The van der Waals surface area contributed by atoms with E-state index < -0.39 is 0 Å². The molecule has 2 aromatic carbocycles. The number of aryl methyl sites for hydroxylation is 1. The largest absolute Gasteiger partial charge is 0.368 e. The first-order valence-corrected chi connectivity index (χ1v) is 8.85. The van der Waals surface area contributed by atoms with E-state index in [2.05, 4.69) is 17.0 Å². The first-order chi connectivity index (χ1) is 12.1. The third kappa shape index (κ3) is 2.98. The number of hydrogen-bond acceptors (Lipinski definition) is 2. The summed E-state index contributed by atoms with van der Waals surface area (Å²) in [6.07, 6.45) is 0. The molecule has 2 heterocycles. The van der Waals surface area contributed by atoms with Gasteiger partial charge in [-0.15, -0.1) is 0 Å². The second-order valence-corrected chi connectivity index (χ2v) is 6.84. The number of benzene rings is 2. The third-order valence-electron chi connectivity index (χ3n) is 4.91. The maximum atomic E-state index is 13.0. The van der Waals surface area contributed by atoms with Gasteiger partial charge in [-0.25, -0.2) is 0 Å². The highest BCUT2D eigenvalue weighted by atomic mass is 35.5. The van der Waals surface area contributed by atoms with Crippen LogP contribution in [0.15, 0.2) is 54.6 Å². The fourth-order valence-electron chi connectivity index (χ4n) is 3.48. The molecule has 1 aromatic heterocycles. The highest BCUT2D eigenvalue weighted by Crippen LogP contribution is 2.24. The summed E-state index contributed by atoms with van der Waals surface area (Å²) in [4.78, 5) is 17.2. The molecule has 0 saturated carbocycles. The molecule has 128 valence electrons. The lowest BCUT2D eigenvalue weighted by molar-refractivity contribution is 0.0737. The molecule has 0 atom stereocenters. The highest BCUT2D eigenvalue weighted by molar-refractivity contribution is 6.31. The van der Waals surface area contributed by atoms with Crippen LogP contribution >= 0.6 is 11.6 Å². The first-order valence-electron chi connectivity index (χ1n) is 8.48. The molecule has 1 amide bonds. The summed E-state index contributed by atoms with van der Waals surface area (Å²) in [6, 6.07) is 18.0. The van der Waals surface area contributed by atoms with Gasteiger partial charge in [0.05, 0.1) is 0 Å². The van der Waals surface area contributed by atoms with Crippen LogP contribution < -0.4 is 4.90 Å². The number of para-hydroxylation sites is 1. The van der Waals surface area contributed by atoms with Gasteiger partial charge in [0.25, 0.3) is 5.91 Å². The van der Waals surface area contributed by atoms with Crippen molar-refractivity contribution < 1.29 is 4.79 Å². The Balaban J connectivity index is 1.52. The fraction of sp³-hybridized carbons (Fsp3) is 0.250. The Bertz CT molecular complexity index is 911. The van der Waals surface area contributed by atoms with Gasteiger partial charge in [0, 0.05) is 54.8 Å². The van der Waals surface area contributed by atoms with Crippen molar-refractivity contribution in [3.63, 3.8) is 0 Å². The van der Waals surface area contributed by atoms with E-state index in [4.69, 9.17) is 11.6 Å². The summed E-state index contributed by atoms with van der Waals surface area (Å²) in [5.74, 6) is 0.0857. The quantitative estimate of drug-likeness (QED) is 0.701. The van der Waals surface area contributed by atoms with Gasteiger partial charge in [-0.3, -0.25) is 4.79 Å². The van der Waals surface area contributed by atoms with Crippen LogP contribution in [0.5, 0.6) is 0 Å². The van der Waals surface area contributed by atoms with Crippen LogP contribution in [-0.2, 0) is 7.05 Å². The van der Waals surface area contributed by atoms with E-state index in [0.717, 1.165) is 37.1 Å². The second-order valence-electron chi connectivity index (χ2n) is 6.41. The summed E-state index contributed by atoms with van der Waals surface area (Å²) >= 11 is 6.09. The number of rotatable bonds is 2. The van der Waals surface area contributed by atoms with Crippen LogP contribution in [0.25, 0.3) is 10.9 Å². The van der Waals surface area contributed by atoms with Gasteiger partial charge in [-0.1, -0.05) is 35.9 Å².